The lowest BCUT2D eigenvalue weighted by Gasteiger charge is -2.21. The molecule has 0 aliphatic heterocycles. The van der Waals surface area contributed by atoms with E-state index in [9.17, 15) is 9.59 Å². The molecule has 1 N–H and O–H groups in total. The van der Waals surface area contributed by atoms with Gasteiger partial charge >= 0.3 is 5.97 Å². The van der Waals surface area contributed by atoms with Gasteiger partial charge in [-0.2, -0.15) is 0 Å². The van der Waals surface area contributed by atoms with Gasteiger partial charge in [0.1, 0.15) is 10.9 Å². The minimum Gasteiger partial charge on any atom is -0.462 e. The highest BCUT2D eigenvalue weighted by molar-refractivity contribution is 7.99. The van der Waals surface area contributed by atoms with Crippen molar-refractivity contribution in [3.05, 3.63) is 20.8 Å². The van der Waals surface area contributed by atoms with Crippen LogP contribution in [0.4, 0.5) is 0 Å². The van der Waals surface area contributed by atoms with Crippen LogP contribution >= 0.6 is 23.1 Å². The second-order valence-electron chi connectivity index (χ2n) is 7.44. The zero-order valence-corrected chi connectivity index (χ0v) is 16.6. The number of rotatable bonds is 4. The van der Waals surface area contributed by atoms with Gasteiger partial charge in [0.25, 0.3) is 5.56 Å². The van der Waals surface area contributed by atoms with E-state index in [4.69, 9.17) is 4.74 Å². The number of fused-ring (bicyclic) bond motifs is 3. The fraction of sp³-hybridized carbons (Fsp3) is 0.632. The maximum atomic E-state index is 12.6. The summed E-state index contributed by atoms with van der Waals surface area (Å²) < 4.78 is 5.53. The minimum atomic E-state index is -0.219. The molecule has 0 aromatic carbocycles. The Kier molecular flexibility index (Phi) is 5.36. The topological polar surface area (TPSA) is 72.0 Å². The van der Waals surface area contributed by atoms with Crippen LogP contribution in [0.15, 0.2) is 9.95 Å². The summed E-state index contributed by atoms with van der Waals surface area (Å²) in [7, 11) is 0. The van der Waals surface area contributed by atoms with Crippen molar-refractivity contribution in [1.29, 1.82) is 0 Å². The van der Waals surface area contributed by atoms with Crippen molar-refractivity contribution in [3.63, 3.8) is 0 Å². The van der Waals surface area contributed by atoms with Gasteiger partial charge in [-0.25, -0.2) is 4.98 Å². The number of carbonyl (C=O) groups is 1. The molecule has 5 nitrogen and oxygen atoms in total. The zero-order valence-electron chi connectivity index (χ0n) is 15.0. The molecule has 140 valence electrons. The Morgan fingerprint density at radius 3 is 2.92 bits per heavy atom. The number of ether oxygens (including phenoxy) is 1. The van der Waals surface area contributed by atoms with Crippen LogP contribution in [0.3, 0.4) is 0 Å². The quantitative estimate of drug-likeness (QED) is 0.482. The molecule has 2 aliphatic rings. The van der Waals surface area contributed by atoms with E-state index in [1.807, 2.05) is 0 Å². The van der Waals surface area contributed by atoms with Crippen LogP contribution in [-0.2, 0) is 22.4 Å². The number of nitrogens with zero attached hydrogens (tertiary/aromatic N) is 1. The Bertz CT molecular complexity index is 868. The number of aromatic amines is 1. The van der Waals surface area contributed by atoms with Gasteiger partial charge in [-0.15, -0.1) is 11.3 Å². The number of esters is 1. The maximum Gasteiger partial charge on any atom is 0.316 e. The summed E-state index contributed by atoms with van der Waals surface area (Å²) in [5.74, 6) is 0.634. The molecule has 2 aliphatic carbocycles. The van der Waals surface area contributed by atoms with E-state index in [2.05, 4.69) is 16.9 Å². The number of aryl methyl sites for hydroxylation is 1. The number of nitrogens with one attached hydrogen (secondary N) is 1. The Morgan fingerprint density at radius 1 is 1.31 bits per heavy atom. The van der Waals surface area contributed by atoms with Crippen LogP contribution in [0.1, 0.15) is 55.9 Å². The predicted molar refractivity (Wildman–Crippen MR) is 105 cm³/mol. The van der Waals surface area contributed by atoms with Gasteiger partial charge in [0.15, 0.2) is 5.16 Å². The Balaban J connectivity index is 1.45. The van der Waals surface area contributed by atoms with Crippen molar-refractivity contribution in [2.24, 2.45) is 5.92 Å². The molecular weight excluding hydrogens is 368 g/mol. The first-order chi connectivity index (χ1) is 12.6. The van der Waals surface area contributed by atoms with Gasteiger partial charge in [0.2, 0.25) is 0 Å². The molecule has 2 heterocycles. The normalized spacial score (nSPS) is 20.9. The lowest BCUT2D eigenvalue weighted by atomic mass is 9.89. The average Bonchev–Trinajstić information content (AvgIpc) is 2.98. The number of aromatic nitrogens is 2. The second-order valence-corrected chi connectivity index (χ2v) is 9.49. The highest BCUT2D eigenvalue weighted by atomic mass is 32.2. The van der Waals surface area contributed by atoms with Crippen LogP contribution in [0, 0.1) is 5.92 Å². The maximum absolute atomic E-state index is 12.6. The molecule has 1 fully saturated rings. The molecule has 2 aromatic heterocycles. The first-order valence-electron chi connectivity index (χ1n) is 9.47. The number of hydrogen-bond donors (Lipinski definition) is 1. The van der Waals surface area contributed by atoms with Gasteiger partial charge in [0.05, 0.1) is 11.1 Å². The molecule has 7 heteroatoms. The number of H-pyrrole nitrogens is 1. The SMILES string of the molecule is CC1CCc2c(sc3nc(SCC(=O)OC4CCCCC4)[nH]c(=O)c23)C1. The van der Waals surface area contributed by atoms with Crippen molar-refractivity contribution in [1.82, 2.24) is 9.97 Å². The number of carbonyl (C=O) groups excluding carboxylic acids is 1. The van der Waals surface area contributed by atoms with E-state index in [0.717, 1.165) is 55.2 Å². The monoisotopic (exact) mass is 392 g/mol. The molecule has 4 rings (SSSR count). The van der Waals surface area contributed by atoms with Crippen LogP contribution in [0.5, 0.6) is 0 Å². The summed E-state index contributed by atoms with van der Waals surface area (Å²) in [6.07, 6.45) is 8.63. The smallest absolute Gasteiger partial charge is 0.316 e. The number of thioether (sulfide) groups is 1. The largest absolute Gasteiger partial charge is 0.462 e. The third-order valence-electron chi connectivity index (χ3n) is 5.32. The molecule has 0 spiro atoms. The van der Waals surface area contributed by atoms with Crippen molar-refractivity contribution in [2.75, 3.05) is 5.75 Å². The third kappa shape index (κ3) is 3.83. The fourth-order valence-corrected chi connectivity index (χ4v) is 6.01. The second kappa shape index (κ2) is 7.72. The Hall–Kier alpha value is -1.34. The summed E-state index contributed by atoms with van der Waals surface area (Å²) >= 11 is 2.89. The van der Waals surface area contributed by atoms with E-state index in [-0.39, 0.29) is 23.4 Å². The molecule has 0 saturated heterocycles. The molecule has 1 saturated carbocycles. The summed E-state index contributed by atoms with van der Waals surface area (Å²) in [6.45, 7) is 2.25. The fourth-order valence-electron chi connectivity index (χ4n) is 3.93. The van der Waals surface area contributed by atoms with Crippen molar-refractivity contribution >= 4 is 39.3 Å². The first kappa shape index (κ1) is 18.0. The van der Waals surface area contributed by atoms with Crippen molar-refractivity contribution in [3.8, 4) is 0 Å². The van der Waals surface area contributed by atoms with Crippen LogP contribution < -0.4 is 5.56 Å². The molecule has 26 heavy (non-hydrogen) atoms. The molecular formula is C19H24N2O3S2. The van der Waals surface area contributed by atoms with Crippen LogP contribution in [0.25, 0.3) is 10.2 Å². The van der Waals surface area contributed by atoms with Crippen molar-refractivity contribution in [2.45, 2.75) is 69.6 Å². The molecule has 1 atom stereocenters. The van der Waals surface area contributed by atoms with Crippen LogP contribution in [-0.4, -0.2) is 27.8 Å². The molecule has 1 unspecified atom stereocenters. The highest BCUT2D eigenvalue weighted by Gasteiger charge is 2.23. The lowest BCUT2D eigenvalue weighted by molar-refractivity contribution is -0.147. The number of thiophene rings is 1. The summed E-state index contributed by atoms with van der Waals surface area (Å²) in [5, 5.41) is 1.26. The van der Waals surface area contributed by atoms with E-state index in [1.165, 1.54) is 28.6 Å². The molecule has 2 aromatic rings. The van der Waals surface area contributed by atoms with Gasteiger partial charge in [0, 0.05) is 4.88 Å². The van der Waals surface area contributed by atoms with E-state index >= 15 is 0 Å². The molecule has 0 amide bonds. The molecule has 0 bridgehead atoms. The van der Waals surface area contributed by atoms with Gasteiger partial charge in [-0.05, 0) is 56.4 Å². The average molecular weight is 393 g/mol. The third-order valence-corrected chi connectivity index (χ3v) is 7.32. The summed E-state index contributed by atoms with van der Waals surface area (Å²) in [6, 6.07) is 0. The van der Waals surface area contributed by atoms with E-state index < -0.39 is 0 Å². The first-order valence-corrected chi connectivity index (χ1v) is 11.3. The van der Waals surface area contributed by atoms with Gasteiger partial charge < -0.3 is 9.72 Å². The van der Waals surface area contributed by atoms with Crippen LogP contribution in [0.2, 0.25) is 0 Å². The zero-order chi connectivity index (χ0) is 18.1. The van der Waals surface area contributed by atoms with Gasteiger partial charge in [-0.3, -0.25) is 9.59 Å². The van der Waals surface area contributed by atoms with E-state index in [0.29, 0.717) is 11.1 Å². The highest BCUT2D eigenvalue weighted by Crippen LogP contribution is 2.36. The van der Waals surface area contributed by atoms with Gasteiger partial charge in [-0.1, -0.05) is 25.1 Å². The Morgan fingerprint density at radius 2 is 2.12 bits per heavy atom. The Labute approximate surface area is 160 Å². The molecule has 0 radical (unpaired) electrons. The predicted octanol–water partition coefficient (Wildman–Crippen LogP) is 4.08. The minimum absolute atomic E-state index is 0.0670. The standard InChI is InChI=1S/C19H24N2O3S2/c1-11-7-8-13-14(9-11)26-18-16(13)17(23)20-19(21-18)25-10-15(22)24-12-5-3-2-4-6-12/h11-12H,2-10H2,1H3,(H,20,21,23). The number of hydrogen-bond acceptors (Lipinski definition) is 6. The van der Waals surface area contributed by atoms with Crippen molar-refractivity contribution < 1.29 is 9.53 Å². The summed E-state index contributed by atoms with van der Waals surface area (Å²) in [5.41, 5.74) is 1.11. The van der Waals surface area contributed by atoms with E-state index in [1.54, 1.807) is 11.3 Å². The lowest BCUT2D eigenvalue weighted by Crippen LogP contribution is -2.22. The summed E-state index contributed by atoms with van der Waals surface area (Å²) in [4.78, 5) is 34.2.